The van der Waals surface area contributed by atoms with Gasteiger partial charge in [0.2, 0.25) is 0 Å². The molecule has 2 aromatic carbocycles. The Balaban J connectivity index is 1.83. The van der Waals surface area contributed by atoms with Crippen LogP contribution in [0.5, 0.6) is 11.5 Å². The molecule has 0 aliphatic rings. The van der Waals surface area contributed by atoms with Crippen LogP contribution in [0, 0.1) is 5.92 Å². The van der Waals surface area contributed by atoms with E-state index in [1.807, 2.05) is 12.1 Å². The van der Waals surface area contributed by atoms with Gasteiger partial charge in [-0.05, 0) is 43.4 Å². The highest BCUT2D eigenvalue weighted by Crippen LogP contribution is 2.31. The first-order valence-corrected chi connectivity index (χ1v) is 9.24. The Morgan fingerprint density at radius 3 is 2.52 bits per heavy atom. The summed E-state index contributed by atoms with van der Waals surface area (Å²) >= 11 is 0. The van der Waals surface area contributed by atoms with Gasteiger partial charge >= 0.3 is 0 Å². The summed E-state index contributed by atoms with van der Waals surface area (Å²) in [7, 11) is 1.70. The Bertz CT molecular complexity index is 611. The maximum atomic E-state index is 6.03. The maximum absolute atomic E-state index is 6.03. The van der Waals surface area contributed by atoms with Crippen LogP contribution in [0.15, 0.2) is 48.5 Å². The molecule has 0 spiro atoms. The molecule has 0 atom stereocenters. The zero-order valence-corrected chi connectivity index (χ0v) is 15.8. The summed E-state index contributed by atoms with van der Waals surface area (Å²) in [6.07, 6.45) is 3.27. The summed E-state index contributed by atoms with van der Waals surface area (Å²) < 4.78 is 11.5. The lowest BCUT2D eigenvalue weighted by atomic mass is 10.1. The van der Waals surface area contributed by atoms with Gasteiger partial charge in [0.25, 0.3) is 0 Å². The van der Waals surface area contributed by atoms with Gasteiger partial charge in [-0.2, -0.15) is 0 Å². The minimum absolute atomic E-state index is 0.634. The molecular weight excluding hydrogens is 310 g/mol. The standard InChI is InChI=1S/C22H31NO2/c1-18(2)14-16-25-22-20(12-7-13-21(22)24-3)17-23-15-8-11-19-9-5-4-6-10-19/h4-7,9-10,12-13,18,23H,8,11,14-17H2,1-3H3. The van der Waals surface area contributed by atoms with Crippen LogP contribution in [0.2, 0.25) is 0 Å². The molecule has 0 radical (unpaired) electrons. The minimum Gasteiger partial charge on any atom is -0.493 e. The molecule has 2 aromatic rings. The molecule has 1 N–H and O–H groups in total. The fourth-order valence-electron chi connectivity index (χ4n) is 2.71. The van der Waals surface area contributed by atoms with Crippen molar-refractivity contribution in [1.29, 1.82) is 0 Å². The maximum Gasteiger partial charge on any atom is 0.165 e. The van der Waals surface area contributed by atoms with Gasteiger partial charge in [0.05, 0.1) is 13.7 Å². The molecular formula is C22H31NO2. The van der Waals surface area contributed by atoms with E-state index >= 15 is 0 Å². The summed E-state index contributed by atoms with van der Waals surface area (Å²) in [5, 5.41) is 3.53. The van der Waals surface area contributed by atoms with E-state index in [0.717, 1.165) is 56.0 Å². The summed E-state index contributed by atoms with van der Waals surface area (Å²) in [4.78, 5) is 0. The zero-order chi connectivity index (χ0) is 17.9. The van der Waals surface area contributed by atoms with Crippen LogP contribution in [0.25, 0.3) is 0 Å². The molecule has 0 saturated carbocycles. The first-order chi connectivity index (χ1) is 12.2. The van der Waals surface area contributed by atoms with E-state index in [-0.39, 0.29) is 0 Å². The number of nitrogens with one attached hydrogen (secondary N) is 1. The van der Waals surface area contributed by atoms with Gasteiger partial charge in [0.15, 0.2) is 11.5 Å². The fourth-order valence-corrected chi connectivity index (χ4v) is 2.71. The summed E-state index contributed by atoms with van der Waals surface area (Å²) in [5.74, 6) is 2.32. The van der Waals surface area contributed by atoms with Crippen LogP contribution in [-0.4, -0.2) is 20.3 Å². The van der Waals surface area contributed by atoms with Crippen LogP contribution in [-0.2, 0) is 13.0 Å². The first kappa shape index (κ1) is 19.3. The molecule has 2 rings (SSSR count). The van der Waals surface area contributed by atoms with E-state index in [1.54, 1.807) is 7.11 Å². The molecule has 0 unspecified atom stereocenters. The van der Waals surface area contributed by atoms with Crippen molar-refractivity contribution in [2.24, 2.45) is 5.92 Å². The lowest BCUT2D eigenvalue weighted by molar-refractivity contribution is 0.269. The van der Waals surface area contributed by atoms with E-state index in [0.29, 0.717) is 5.92 Å². The van der Waals surface area contributed by atoms with Gasteiger partial charge in [-0.3, -0.25) is 0 Å². The van der Waals surface area contributed by atoms with Crippen molar-refractivity contribution in [2.45, 2.75) is 39.7 Å². The van der Waals surface area contributed by atoms with E-state index < -0.39 is 0 Å². The molecule has 0 aliphatic carbocycles. The second-order valence-corrected chi connectivity index (χ2v) is 6.75. The lowest BCUT2D eigenvalue weighted by Crippen LogP contribution is -2.16. The summed E-state index contributed by atoms with van der Waals surface area (Å²) in [5.41, 5.74) is 2.55. The number of hydrogen-bond donors (Lipinski definition) is 1. The molecule has 0 saturated heterocycles. The molecule has 0 aromatic heterocycles. The highest BCUT2D eigenvalue weighted by Gasteiger charge is 2.10. The number of para-hydroxylation sites is 1. The van der Waals surface area contributed by atoms with Gasteiger partial charge < -0.3 is 14.8 Å². The lowest BCUT2D eigenvalue weighted by Gasteiger charge is -2.16. The number of methoxy groups -OCH3 is 1. The van der Waals surface area contributed by atoms with Crippen LogP contribution in [0.3, 0.4) is 0 Å². The first-order valence-electron chi connectivity index (χ1n) is 9.24. The van der Waals surface area contributed by atoms with Crippen molar-refractivity contribution in [1.82, 2.24) is 5.32 Å². The molecule has 0 heterocycles. The predicted molar refractivity (Wildman–Crippen MR) is 104 cm³/mol. The molecule has 25 heavy (non-hydrogen) atoms. The van der Waals surface area contributed by atoms with Crippen molar-refractivity contribution in [3.63, 3.8) is 0 Å². The smallest absolute Gasteiger partial charge is 0.165 e. The van der Waals surface area contributed by atoms with E-state index in [2.05, 4.69) is 55.6 Å². The van der Waals surface area contributed by atoms with Crippen LogP contribution in [0.1, 0.15) is 37.8 Å². The molecule has 0 aliphatic heterocycles. The van der Waals surface area contributed by atoms with Gasteiger partial charge in [0, 0.05) is 12.1 Å². The highest BCUT2D eigenvalue weighted by molar-refractivity contribution is 5.46. The van der Waals surface area contributed by atoms with E-state index in [9.17, 15) is 0 Å². The molecule has 3 nitrogen and oxygen atoms in total. The van der Waals surface area contributed by atoms with Crippen LogP contribution < -0.4 is 14.8 Å². The van der Waals surface area contributed by atoms with Gasteiger partial charge in [-0.1, -0.05) is 56.3 Å². The second kappa shape index (κ2) is 10.8. The zero-order valence-electron chi connectivity index (χ0n) is 15.8. The molecule has 0 amide bonds. The van der Waals surface area contributed by atoms with Crippen molar-refractivity contribution in [3.05, 3.63) is 59.7 Å². The van der Waals surface area contributed by atoms with Crippen molar-refractivity contribution in [2.75, 3.05) is 20.3 Å². The van der Waals surface area contributed by atoms with Gasteiger partial charge in [0.1, 0.15) is 0 Å². The predicted octanol–water partition coefficient (Wildman–Crippen LogP) is 4.84. The number of hydrogen-bond acceptors (Lipinski definition) is 3. The largest absolute Gasteiger partial charge is 0.493 e. The quantitative estimate of drug-likeness (QED) is 0.593. The molecule has 0 bridgehead atoms. The number of aryl methyl sites for hydroxylation is 1. The number of rotatable bonds is 11. The van der Waals surface area contributed by atoms with Crippen molar-refractivity contribution < 1.29 is 9.47 Å². The number of benzene rings is 2. The third-order valence-electron chi connectivity index (χ3n) is 4.20. The molecule has 0 fully saturated rings. The second-order valence-electron chi connectivity index (χ2n) is 6.75. The van der Waals surface area contributed by atoms with Crippen LogP contribution in [0.4, 0.5) is 0 Å². The monoisotopic (exact) mass is 341 g/mol. The van der Waals surface area contributed by atoms with Crippen LogP contribution >= 0.6 is 0 Å². The Morgan fingerprint density at radius 1 is 1.00 bits per heavy atom. The van der Waals surface area contributed by atoms with Crippen molar-refractivity contribution in [3.8, 4) is 11.5 Å². The fraction of sp³-hybridized carbons (Fsp3) is 0.455. The summed E-state index contributed by atoms with van der Waals surface area (Å²) in [6.45, 7) is 6.92. The molecule has 3 heteroatoms. The SMILES string of the molecule is COc1cccc(CNCCCc2ccccc2)c1OCCC(C)C. The Kier molecular flexibility index (Phi) is 8.33. The Hall–Kier alpha value is -2.00. The van der Waals surface area contributed by atoms with Gasteiger partial charge in [-0.15, -0.1) is 0 Å². The van der Waals surface area contributed by atoms with Crippen molar-refractivity contribution >= 4 is 0 Å². The average Bonchev–Trinajstić information content (AvgIpc) is 2.63. The summed E-state index contributed by atoms with van der Waals surface area (Å²) in [6, 6.07) is 16.7. The number of ether oxygens (including phenoxy) is 2. The Labute approximate surface area is 152 Å². The third kappa shape index (κ3) is 6.79. The average molecular weight is 341 g/mol. The van der Waals surface area contributed by atoms with Gasteiger partial charge in [-0.25, -0.2) is 0 Å². The third-order valence-corrected chi connectivity index (χ3v) is 4.20. The highest BCUT2D eigenvalue weighted by atomic mass is 16.5. The minimum atomic E-state index is 0.634. The Morgan fingerprint density at radius 2 is 1.80 bits per heavy atom. The molecule has 136 valence electrons. The normalized spacial score (nSPS) is 10.9. The topological polar surface area (TPSA) is 30.5 Å². The van der Waals surface area contributed by atoms with E-state index in [1.165, 1.54) is 5.56 Å². The van der Waals surface area contributed by atoms with E-state index in [4.69, 9.17) is 9.47 Å².